The first kappa shape index (κ1) is 17.3. The quantitative estimate of drug-likeness (QED) is 0.714. The van der Waals surface area contributed by atoms with Crippen molar-refractivity contribution in [1.82, 2.24) is 9.78 Å². The van der Waals surface area contributed by atoms with Gasteiger partial charge in [-0.1, -0.05) is 19.1 Å². The molecular formula is C18H17F2N3OS. The minimum Gasteiger partial charge on any atom is -0.313 e. The molecule has 3 aromatic rings. The molecule has 25 heavy (non-hydrogen) atoms. The largest absolute Gasteiger partial charge is 0.313 e. The summed E-state index contributed by atoms with van der Waals surface area (Å²) in [5.41, 5.74) is 1.47. The molecule has 0 saturated carbocycles. The minimum absolute atomic E-state index is 0.0790. The van der Waals surface area contributed by atoms with Gasteiger partial charge in [0.05, 0.1) is 26.8 Å². The highest BCUT2D eigenvalue weighted by Crippen LogP contribution is 2.35. The summed E-state index contributed by atoms with van der Waals surface area (Å²) >= 11 is 1.10. The first-order valence-electron chi connectivity index (χ1n) is 7.95. The highest BCUT2D eigenvalue weighted by Gasteiger charge is 2.18. The topological polar surface area (TPSA) is 46.9 Å². The Hall–Kier alpha value is -2.54. The second kappa shape index (κ2) is 7.14. The van der Waals surface area contributed by atoms with Gasteiger partial charge in [0.25, 0.3) is 5.91 Å². The average molecular weight is 361 g/mol. The number of amides is 1. The van der Waals surface area contributed by atoms with E-state index in [0.29, 0.717) is 22.1 Å². The molecule has 2 aromatic heterocycles. The van der Waals surface area contributed by atoms with Gasteiger partial charge in [-0.15, -0.1) is 11.3 Å². The van der Waals surface area contributed by atoms with Crippen molar-refractivity contribution in [2.75, 3.05) is 5.32 Å². The molecule has 3 rings (SSSR count). The molecule has 1 amide bonds. The van der Waals surface area contributed by atoms with E-state index in [9.17, 15) is 13.6 Å². The molecule has 130 valence electrons. The Bertz CT molecular complexity index is 917. The van der Waals surface area contributed by atoms with Crippen molar-refractivity contribution in [3.8, 4) is 10.6 Å². The van der Waals surface area contributed by atoms with Crippen LogP contribution >= 0.6 is 11.3 Å². The minimum atomic E-state index is -0.617. The molecule has 1 N–H and O–H groups in total. The van der Waals surface area contributed by atoms with Crippen LogP contribution in [0.5, 0.6) is 0 Å². The number of hydrogen-bond acceptors (Lipinski definition) is 3. The fourth-order valence-electron chi connectivity index (χ4n) is 2.50. The second-order valence-corrected chi connectivity index (χ2v) is 6.46. The Labute approximate surface area is 148 Å². The predicted octanol–water partition coefficient (Wildman–Crippen LogP) is 4.72. The van der Waals surface area contributed by atoms with Crippen molar-refractivity contribution in [2.24, 2.45) is 0 Å². The van der Waals surface area contributed by atoms with Gasteiger partial charge >= 0.3 is 0 Å². The molecule has 0 aliphatic carbocycles. The van der Waals surface area contributed by atoms with Crippen molar-refractivity contribution in [1.29, 1.82) is 0 Å². The number of aryl methyl sites for hydroxylation is 2. The van der Waals surface area contributed by atoms with Crippen molar-refractivity contribution < 1.29 is 13.6 Å². The SMILES string of the molecule is CCc1cc(-c2sc(NC(=O)c3ccccc3F)cc2F)n(CC)n1. The molecule has 7 heteroatoms. The van der Waals surface area contributed by atoms with Crippen molar-refractivity contribution in [2.45, 2.75) is 26.8 Å². The van der Waals surface area contributed by atoms with Crippen molar-refractivity contribution in [3.05, 3.63) is 59.3 Å². The summed E-state index contributed by atoms with van der Waals surface area (Å²) in [6.07, 6.45) is 0.754. The van der Waals surface area contributed by atoms with Crippen LogP contribution in [0.25, 0.3) is 10.6 Å². The first-order chi connectivity index (χ1) is 12.0. The number of aromatic nitrogens is 2. The zero-order valence-electron chi connectivity index (χ0n) is 13.8. The lowest BCUT2D eigenvalue weighted by atomic mass is 10.2. The van der Waals surface area contributed by atoms with E-state index in [0.717, 1.165) is 23.5 Å². The Kier molecular flexibility index (Phi) is 4.94. The predicted molar refractivity (Wildman–Crippen MR) is 94.9 cm³/mol. The number of halogens is 2. The van der Waals surface area contributed by atoms with E-state index in [1.54, 1.807) is 10.7 Å². The summed E-state index contributed by atoms with van der Waals surface area (Å²) < 4.78 is 29.8. The van der Waals surface area contributed by atoms with Crippen molar-refractivity contribution in [3.63, 3.8) is 0 Å². The van der Waals surface area contributed by atoms with Crippen LogP contribution in [0.15, 0.2) is 36.4 Å². The third kappa shape index (κ3) is 3.46. The highest BCUT2D eigenvalue weighted by molar-refractivity contribution is 7.19. The lowest BCUT2D eigenvalue weighted by Crippen LogP contribution is -2.12. The van der Waals surface area contributed by atoms with Gasteiger partial charge in [0.2, 0.25) is 0 Å². The molecule has 0 aliphatic heterocycles. The molecule has 0 saturated heterocycles. The zero-order valence-corrected chi connectivity index (χ0v) is 14.7. The lowest BCUT2D eigenvalue weighted by molar-refractivity contribution is 0.102. The molecule has 0 atom stereocenters. The second-order valence-electron chi connectivity index (χ2n) is 5.41. The summed E-state index contributed by atoms with van der Waals surface area (Å²) in [4.78, 5) is 12.6. The monoisotopic (exact) mass is 361 g/mol. The Morgan fingerprint density at radius 3 is 2.64 bits per heavy atom. The number of carbonyl (C=O) groups excluding carboxylic acids is 1. The number of thiophene rings is 1. The van der Waals surface area contributed by atoms with Gasteiger partial charge in [-0.25, -0.2) is 8.78 Å². The molecular weight excluding hydrogens is 344 g/mol. The van der Waals surface area contributed by atoms with Gasteiger partial charge < -0.3 is 5.32 Å². The number of rotatable bonds is 5. The number of nitrogens with zero attached hydrogens (tertiary/aromatic N) is 2. The standard InChI is InChI=1S/C18H17F2N3OS/c1-3-11-9-15(23(4-2)22-11)17-14(20)10-16(25-17)21-18(24)12-7-5-6-8-13(12)19/h5-10H,3-4H2,1-2H3,(H,21,24). The molecule has 0 aliphatic rings. The maximum Gasteiger partial charge on any atom is 0.259 e. The van der Waals surface area contributed by atoms with Crippen LogP contribution in [0.1, 0.15) is 29.9 Å². The Morgan fingerprint density at radius 2 is 1.96 bits per heavy atom. The molecule has 0 spiro atoms. The Balaban J connectivity index is 1.89. The van der Waals surface area contributed by atoms with Crippen LogP contribution in [-0.4, -0.2) is 15.7 Å². The van der Waals surface area contributed by atoms with Crippen LogP contribution in [-0.2, 0) is 13.0 Å². The smallest absolute Gasteiger partial charge is 0.259 e. The van der Waals surface area contributed by atoms with Crippen LogP contribution in [0.3, 0.4) is 0 Å². The van der Waals surface area contributed by atoms with Crippen LogP contribution in [0.2, 0.25) is 0 Å². The summed E-state index contributed by atoms with van der Waals surface area (Å²) in [6.45, 7) is 4.53. The van der Waals surface area contributed by atoms with E-state index in [4.69, 9.17) is 0 Å². The number of carbonyl (C=O) groups is 1. The number of benzene rings is 1. The van der Waals surface area contributed by atoms with E-state index >= 15 is 0 Å². The Morgan fingerprint density at radius 1 is 1.20 bits per heavy atom. The number of anilines is 1. The normalized spacial score (nSPS) is 10.9. The van der Waals surface area contributed by atoms with Crippen LogP contribution in [0, 0.1) is 11.6 Å². The maximum absolute atomic E-state index is 14.4. The molecule has 2 heterocycles. The molecule has 0 radical (unpaired) electrons. The van der Waals surface area contributed by atoms with Crippen molar-refractivity contribution >= 4 is 22.2 Å². The highest BCUT2D eigenvalue weighted by atomic mass is 32.1. The molecule has 0 fully saturated rings. The third-order valence-electron chi connectivity index (χ3n) is 3.77. The van der Waals surface area contributed by atoms with Gasteiger partial charge in [0, 0.05) is 12.6 Å². The molecule has 1 aromatic carbocycles. The fraction of sp³-hybridized carbons (Fsp3) is 0.222. The number of nitrogens with one attached hydrogen (secondary N) is 1. The van der Waals surface area contributed by atoms with Crippen LogP contribution in [0.4, 0.5) is 13.8 Å². The lowest BCUT2D eigenvalue weighted by Gasteiger charge is -2.03. The van der Waals surface area contributed by atoms with E-state index in [-0.39, 0.29) is 5.56 Å². The van der Waals surface area contributed by atoms with E-state index < -0.39 is 17.5 Å². The third-order valence-corrected chi connectivity index (χ3v) is 4.82. The van der Waals surface area contributed by atoms with E-state index in [2.05, 4.69) is 10.4 Å². The average Bonchev–Trinajstić information content (AvgIpc) is 3.17. The van der Waals surface area contributed by atoms with Gasteiger partial charge in [0.1, 0.15) is 11.6 Å². The molecule has 4 nitrogen and oxygen atoms in total. The summed E-state index contributed by atoms with van der Waals surface area (Å²) in [5, 5.41) is 7.29. The van der Waals surface area contributed by atoms with E-state index in [1.165, 1.54) is 24.3 Å². The van der Waals surface area contributed by atoms with Gasteiger partial charge in [-0.05, 0) is 31.5 Å². The summed E-state index contributed by atoms with van der Waals surface area (Å²) in [7, 11) is 0. The fourth-order valence-corrected chi connectivity index (χ4v) is 3.45. The first-order valence-corrected chi connectivity index (χ1v) is 8.77. The van der Waals surface area contributed by atoms with Gasteiger partial charge in [0.15, 0.2) is 0 Å². The van der Waals surface area contributed by atoms with Gasteiger partial charge in [-0.2, -0.15) is 5.10 Å². The zero-order chi connectivity index (χ0) is 18.0. The molecule has 0 unspecified atom stereocenters. The summed E-state index contributed by atoms with van der Waals surface area (Å²) in [5.74, 6) is -1.66. The van der Waals surface area contributed by atoms with Gasteiger partial charge in [-0.3, -0.25) is 9.48 Å². The maximum atomic E-state index is 14.4. The van der Waals surface area contributed by atoms with Crippen LogP contribution < -0.4 is 5.32 Å². The van der Waals surface area contributed by atoms with E-state index in [1.807, 2.05) is 19.9 Å². The summed E-state index contributed by atoms with van der Waals surface area (Å²) in [6, 6.07) is 8.77. The number of hydrogen-bond donors (Lipinski definition) is 1. The molecule has 0 bridgehead atoms.